The number of aromatic amines is 1. The van der Waals surface area contributed by atoms with Crippen molar-refractivity contribution in [3.8, 4) is 0 Å². The van der Waals surface area contributed by atoms with E-state index in [0.717, 1.165) is 0 Å². The maximum absolute atomic E-state index is 11.7. The van der Waals surface area contributed by atoms with E-state index in [0.29, 0.717) is 16.7 Å². The van der Waals surface area contributed by atoms with Crippen LogP contribution < -0.4 is 11.5 Å². The van der Waals surface area contributed by atoms with Crippen LogP contribution in [0.1, 0.15) is 11.6 Å². The Kier molecular flexibility index (Phi) is 2.72. The van der Waals surface area contributed by atoms with Crippen LogP contribution in [0.25, 0.3) is 11.1 Å². The molecule has 2 rings (SSSR count). The summed E-state index contributed by atoms with van der Waals surface area (Å²) in [6.45, 7) is 0. The van der Waals surface area contributed by atoms with Crippen molar-refractivity contribution < 1.29 is 9.21 Å². The van der Waals surface area contributed by atoms with Gasteiger partial charge in [-0.15, -0.1) is 0 Å². The molecule has 1 aromatic heterocycles. The third-order valence-electron chi connectivity index (χ3n) is 2.51. The molecule has 1 heterocycles. The molecule has 0 spiro atoms. The Bertz CT molecular complexity index is 612. The second-order valence-electron chi connectivity index (χ2n) is 3.98. The van der Waals surface area contributed by atoms with Crippen LogP contribution >= 0.6 is 0 Å². The number of aromatic nitrogens is 1. The van der Waals surface area contributed by atoms with E-state index in [1.54, 1.807) is 32.3 Å². The largest absolute Gasteiger partial charge is 0.417 e. The van der Waals surface area contributed by atoms with Crippen molar-refractivity contribution in [2.45, 2.75) is 6.04 Å². The first-order chi connectivity index (χ1) is 7.99. The maximum atomic E-state index is 11.7. The highest BCUT2D eigenvalue weighted by molar-refractivity contribution is 5.84. The number of H-pyrrole nitrogens is 1. The molecule has 0 saturated heterocycles. The van der Waals surface area contributed by atoms with Gasteiger partial charge < -0.3 is 15.1 Å². The Balaban J connectivity index is 2.42. The van der Waals surface area contributed by atoms with Crippen molar-refractivity contribution >= 4 is 17.0 Å². The van der Waals surface area contributed by atoms with Crippen LogP contribution in [0.15, 0.2) is 27.4 Å². The van der Waals surface area contributed by atoms with Gasteiger partial charge in [-0.25, -0.2) is 4.79 Å². The SMILES string of the molecule is CN(C)C(=O)C(N)c1ccc2oc(=O)[nH]c2c1. The van der Waals surface area contributed by atoms with E-state index in [1.165, 1.54) is 4.90 Å². The van der Waals surface area contributed by atoms with Crippen molar-refractivity contribution in [3.05, 3.63) is 34.3 Å². The highest BCUT2D eigenvalue weighted by Gasteiger charge is 2.18. The number of hydrogen-bond donors (Lipinski definition) is 2. The molecule has 1 unspecified atom stereocenters. The summed E-state index contributed by atoms with van der Waals surface area (Å²) in [7, 11) is 3.28. The van der Waals surface area contributed by atoms with Crippen molar-refractivity contribution in [1.29, 1.82) is 0 Å². The van der Waals surface area contributed by atoms with Crippen molar-refractivity contribution in [3.63, 3.8) is 0 Å². The molecule has 0 aliphatic carbocycles. The minimum atomic E-state index is -0.743. The number of carbonyl (C=O) groups is 1. The molecular formula is C11H13N3O3. The highest BCUT2D eigenvalue weighted by atomic mass is 16.4. The van der Waals surface area contributed by atoms with Gasteiger partial charge in [-0.1, -0.05) is 6.07 Å². The first kappa shape index (κ1) is 11.4. The van der Waals surface area contributed by atoms with E-state index in [-0.39, 0.29) is 5.91 Å². The molecule has 2 aromatic rings. The number of benzene rings is 1. The van der Waals surface area contributed by atoms with Gasteiger partial charge in [0.1, 0.15) is 6.04 Å². The molecule has 0 saturated carbocycles. The van der Waals surface area contributed by atoms with Crippen LogP contribution in [0.4, 0.5) is 0 Å². The summed E-state index contributed by atoms with van der Waals surface area (Å²) in [5.41, 5.74) is 7.44. The molecule has 3 N–H and O–H groups in total. The Hall–Kier alpha value is -2.08. The monoisotopic (exact) mass is 235 g/mol. The Morgan fingerprint density at radius 1 is 1.47 bits per heavy atom. The lowest BCUT2D eigenvalue weighted by molar-refractivity contribution is -0.130. The average Bonchev–Trinajstić information content (AvgIpc) is 2.65. The van der Waals surface area contributed by atoms with Gasteiger partial charge in [0.2, 0.25) is 5.91 Å². The minimum Gasteiger partial charge on any atom is -0.408 e. The molecule has 1 atom stereocenters. The van der Waals surface area contributed by atoms with E-state index >= 15 is 0 Å². The molecule has 0 fully saturated rings. The normalized spacial score (nSPS) is 12.6. The third kappa shape index (κ3) is 2.07. The molecule has 1 aromatic carbocycles. The number of nitrogens with zero attached hydrogens (tertiary/aromatic N) is 1. The number of rotatable bonds is 2. The molecule has 0 radical (unpaired) electrons. The zero-order valence-electron chi connectivity index (χ0n) is 9.56. The first-order valence-electron chi connectivity index (χ1n) is 5.08. The molecule has 1 amide bonds. The fraction of sp³-hybridized carbons (Fsp3) is 0.273. The summed E-state index contributed by atoms with van der Waals surface area (Å²) in [4.78, 5) is 26.6. The first-order valence-corrected chi connectivity index (χ1v) is 5.08. The lowest BCUT2D eigenvalue weighted by Crippen LogP contribution is -2.33. The predicted octanol–water partition coefficient (Wildman–Crippen LogP) is 0.209. The van der Waals surface area contributed by atoms with Gasteiger partial charge in [0, 0.05) is 14.1 Å². The van der Waals surface area contributed by atoms with Crippen molar-refractivity contribution in [2.75, 3.05) is 14.1 Å². The number of hydrogen-bond acceptors (Lipinski definition) is 4. The van der Waals surface area contributed by atoms with Gasteiger partial charge >= 0.3 is 5.76 Å². The van der Waals surface area contributed by atoms with Crippen LogP contribution in [-0.4, -0.2) is 29.9 Å². The number of fused-ring (bicyclic) bond motifs is 1. The quantitative estimate of drug-likeness (QED) is 0.778. The molecule has 90 valence electrons. The lowest BCUT2D eigenvalue weighted by Gasteiger charge is -2.16. The van der Waals surface area contributed by atoms with E-state index < -0.39 is 11.8 Å². The fourth-order valence-electron chi connectivity index (χ4n) is 1.58. The number of oxazole rings is 1. The van der Waals surface area contributed by atoms with Crippen molar-refractivity contribution in [1.82, 2.24) is 9.88 Å². The van der Waals surface area contributed by atoms with Gasteiger partial charge in [0.25, 0.3) is 0 Å². The molecule has 6 heteroatoms. The Morgan fingerprint density at radius 2 is 2.18 bits per heavy atom. The number of amides is 1. The minimum absolute atomic E-state index is 0.199. The van der Waals surface area contributed by atoms with Gasteiger partial charge in [-0.3, -0.25) is 9.78 Å². The number of carbonyl (C=O) groups excluding carboxylic acids is 1. The predicted molar refractivity (Wildman–Crippen MR) is 62.5 cm³/mol. The summed E-state index contributed by atoms with van der Waals surface area (Å²) in [5.74, 6) is -0.722. The highest BCUT2D eigenvalue weighted by Crippen LogP contribution is 2.17. The van der Waals surface area contributed by atoms with Gasteiger partial charge in [-0.2, -0.15) is 0 Å². The summed E-state index contributed by atoms with van der Waals surface area (Å²) in [6.07, 6.45) is 0. The number of nitrogens with two attached hydrogens (primary N) is 1. The standard InChI is InChI=1S/C11H13N3O3/c1-14(2)10(15)9(12)6-3-4-8-7(5-6)13-11(16)17-8/h3-5,9H,12H2,1-2H3,(H,13,16). The second-order valence-corrected chi connectivity index (χ2v) is 3.98. The zero-order chi connectivity index (χ0) is 12.6. The molecule has 0 aliphatic heterocycles. The van der Waals surface area contributed by atoms with E-state index in [2.05, 4.69) is 4.98 Å². The van der Waals surface area contributed by atoms with Crippen LogP contribution in [0.5, 0.6) is 0 Å². The summed E-state index contributed by atoms with van der Waals surface area (Å²) in [6, 6.07) is 4.19. The Labute approximate surface area is 97.0 Å². The van der Waals surface area contributed by atoms with Crippen molar-refractivity contribution in [2.24, 2.45) is 5.73 Å². The molecule has 0 bridgehead atoms. The van der Waals surface area contributed by atoms with E-state index in [9.17, 15) is 9.59 Å². The van der Waals surface area contributed by atoms with E-state index in [1.807, 2.05) is 0 Å². The second kappa shape index (κ2) is 4.06. The number of likely N-dealkylation sites (N-methyl/N-ethyl adjacent to an activating group) is 1. The third-order valence-corrected chi connectivity index (χ3v) is 2.51. The summed E-state index contributed by atoms with van der Waals surface area (Å²) >= 11 is 0. The molecular weight excluding hydrogens is 222 g/mol. The van der Waals surface area contributed by atoms with Crippen LogP contribution in [0.2, 0.25) is 0 Å². The van der Waals surface area contributed by atoms with Gasteiger partial charge in [-0.05, 0) is 17.7 Å². The van der Waals surface area contributed by atoms with Gasteiger partial charge in [0.15, 0.2) is 5.58 Å². The Morgan fingerprint density at radius 3 is 2.82 bits per heavy atom. The van der Waals surface area contributed by atoms with Gasteiger partial charge in [0.05, 0.1) is 5.52 Å². The maximum Gasteiger partial charge on any atom is 0.417 e. The molecule has 17 heavy (non-hydrogen) atoms. The summed E-state index contributed by atoms with van der Waals surface area (Å²) < 4.78 is 4.86. The average molecular weight is 235 g/mol. The lowest BCUT2D eigenvalue weighted by atomic mass is 10.1. The van der Waals surface area contributed by atoms with Crippen LogP contribution in [0.3, 0.4) is 0 Å². The molecule has 6 nitrogen and oxygen atoms in total. The smallest absolute Gasteiger partial charge is 0.408 e. The van der Waals surface area contributed by atoms with E-state index in [4.69, 9.17) is 10.2 Å². The summed E-state index contributed by atoms with van der Waals surface area (Å²) in [5, 5.41) is 0. The molecule has 0 aliphatic rings. The van der Waals surface area contributed by atoms with Crippen LogP contribution in [0, 0.1) is 0 Å². The fourth-order valence-corrected chi connectivity index (χ4v) is 1.58. The zero-order valence-corrected chi connectivity index (χ0v) is 9.56. The topological polar surface area (TPSA) is 92.3 Å². The number of nitrogens with one attached hydrogen (secondary N) is 1. The van der Waals surface area contributed by atoms with Crippen LogP contribution in [-0.2, 0) is 4.79 Å².